The number of alkyl halides is 3. The third kappa shape index (κ3) is 2.90. The number of benzene rings is 1. The van der Waals surface area contributed by atoms with E-state index in [1.807, 2.05) is 0 Å². The maximum atomic E-state index is 12.4. The first-order chi connectivity index (χ1) is 7.64. The Kier molecular flexibility index (Phi) is 3.69. The number of halogens is 4. The second-order valence-electron chi connectivity index (χ2n) is 2.87. The van der Waals surface area contributed by atoms with Crippen LogP contribution < -0.4 is 10.5 Å². The number of hydrogen-bond acceptors (Lipinski definition) is 6. The van der Waals surface area contributed by atoms with Crippen molar-refractivity contribution in [1.82, 2.24) is 0 Å². The van der Waals surface area contributed by atoms with Crippen molar-refractivity contribution in [2.24, 2.45) is 0 Å². The fourth-order valence-corrected chi connectivity index (χ4v) is 1.34. The van der Waals surface area contributed by atoms with Gasteiger partial charge in [0.05, 0.1) is 10.6 Å². The molecular formula is C7H4ClF3N2O4-2. The molecule has 96 valence electrons. The highest BCUT2D eigenvalue weighted by Gasteiger charge is 2.35. The minimum absolute atomic E-state index is 0.204. The van der Waals surface area contributed by atoms with E-state index < -0.39 is 38.6 Å². The largest absolute Gasteiger partial charge is 0.769 e. The van der Waals surface area contributed by atoms with Crippen LogP contribution in [0.3, 0.4) is 0 Å². The van der Waals surface area contributed by atoms with Gasteiger partial charge in [-0.2, -0.15) is 13.2 Å². The molecule has 0 aliphatic rings. The van der Waals surface area contributed by atoms with Gasteiger partial charge in [0, 0.05) is 5.69 Å². The van der Waals surface area contributed by atoms with Gasteiger partial charge >= 0.3 is 6.18 Å². The zero-order chi connectivity index (χ0) is 13.4. The Morgan fingerprint density at radius 1 is 1.18 bits per heavy atom. The zero-order valence-corrected chi connectivity index (χ0v) is 8.53. The molecule has 1 aromatic rings. The fourth-order valence-electron chi connectivity index (χ4n) is 1.05. The lowest BCUT2D eigenvalue weighted by molar-refractivity contribution is -0.137. The number of nitrogens with zero attached hydrogens (tertiary/aromatic N) is 2. The van der Waals surface area contributed by atoms with Gasteiger partial charge in [0.15, 0.2) is 0 Å². The fraction of sp³-hybridized carbons (Fsp3) is 0.143. The molecule has 0 unspecified atom stereocenters. The van der Waals surface area contributed by atoms with Crippen LogP contribution in [0.2, 0.25) is 5.02 Å². The molecule has 10 heteroatoms. The van der Waals surface area contributed by atoms with Crippen LogP contribution in [0.5, 0.6) is 0 Å². The predicted octanol–water partition coefficient (Wildman–Crippen LogP) is 2.75. The monoisotopic (exact) mass is 272 g/mol. The molecule has 0 bridgehead atoms. The molecule has 0 amide bonds. The van der Waals surface area contributed by atoms with Crippen LogP contribution >= 0.6 is 11.6 Å². The van der Waals surface area contributed by atoms with Crippen molar-refractivity contribution >= 4 is 23.0 Å². The van der Waals surface area contributed by atoms with Crippen LogP contribution in [0.15, 0.2) is 12.1 Å². The van der Waals surface area contributed by atoms with Crippen molar-refractivity contribution in [2.75, 3.05) is 10.5 Å². The molecule has 0 aliphatic carbocycles. The first-order valence-electron chi connectivity index (χ1n) is 3.87. The van der Waals surface area contributed by atoms with E-state index in [0.717, 1.165) is 0 Å². The molecule has 0 radical (unpaired) electrons. The average molecular weight is 273 g/mol. The van der Waals surface area contributed by atoms with Crippen LogP contribution in [-0.2, 0) is 6.18 Å². The zero-order valence-electron chi connectivity index (χ0n) is 7.77. The van der Waals surface area contributed by atoms with Crippen molar-refractivity contribution in [3.8, 4) is 0 Å². The lowest BCUT2D eigenvalue weighted by atomic mass is 10.1. The van der Waals surface area contributed by atoms with Gasteiger partial charge in [-0.3, -0.25) is 10.4 Å². The van der Waals surface area contributed by atoms with E-state index in [4.69, 9.17) is 22.0 Å². The van der Waals surface area contributed by atoms with Gasteiger partial charge < -0.3 is 15.6 Å². The van der Waals surface area contributed by atoms with Crippen molar-refractivity contribution in [2.45, 2.75) is 6.18 Å². The summed E-state index contributed by atoms with van der Waals surface area (Å²) in [6.45, 7) is 0. The Morgan fingerprint density at radius 3 is 2.06 bits per heavy atom. The van der Waals surface area contributed by atoms with Gasteiger partial charge in [-0.05, 0) is 12.1 Å². The molecule has 1 aromatic carbocycles. The summed E-state index contributed by atoms with van der Waals surface area (Å²) < 4.78 is 37.3. The van der Waals surface area contributed by atoms with Crippen molar-refractivity contribution in [3.63, 3.8) is 0 Å². The van der Waals surface area contributed by atoms with Gasteiger partial charge in [-0.15, -0.1) is 5.23 Å². The lowest BCUT2D eigenvalue weighted by Crippen LogP contribution is -2.16. The van der Waals surface area contributed by atoms with E-state index in [-0.39, 0.29) is 6.07 Å². The van der Waals surface area contributed by atoms with E-state index >= 15 is 0 Å². The van der Waals surface area contributed by atoms with Gasteiger partial charge in [0.1, 0.15) is 5.69 Å². The van der Waals surface area contributed by atoms with Gasteiger partial charge in [0.2, 0.25) is 0 Å². The lowest BCUT2D eigenvalue weighted by Gasteiger charge is -2.38. The average Bonchev–Trinajstić information content (AvgIpc) is 2.15. The molecule has 0 heterocycles. The number of rotatable bonds is 2. The van der Waals surface area contributed by atoms with Crippen LogP contribution in [0.25, 0.3) is 0 Å². The second-order valence-corrected chi connectivity index (χ2v) is 3.25. The Labute approximate surface area is 97.1 Å². The summed E-state index contributed by atoms with van der Waals surface area (Å²) in [7, 11) is 0. The summed E-state index contributed by atoms with van der Waals surface area (Å²) in [5, 5.41) is 35.1. The van der Waals surface area contributed by atoms with Crippen LogP contribution in [0.4, 0.5) is 24.5 Å². The molecule has 0 atom stereocenters. The molecule has 2 N–H and O–H groups in total. The van der Waals surface area contributed by atoms with Crippen LogP contribution in [0.1, 0.15) is 5.56 Å². The first-order valence-corrected chi connectivity index (χ1v) is 4.25. The van der Waals surface area contributed by atoms with Gasteiger partial charge in [-0.25, -0.2) is 0 Å². The minimum Gasteiger partial charge on any atom is -0.769 e. The molecule has 0 spiro atoms. The third-order valence-electron chi connectivity index (χ3n) is 1.77. The third-order valence-corrected chi connectivity index (χ3v) is 2.17. The maximum absolute atomic E-state index is 12.4. The Morgan fingerprint density at radius 2 is 1.71 bits per heavy atom. The minimum atomic E-state index is -4.95. The summed E-state index contributed by atoms with van der Waals surface area (Å²) >= 11 is 5.26. The van der Waals surface area contributed by atoms with Crippen molar-refractivity contribution in [3.05, 3.63) is 33.1 Å². The van der Waals surface area contributed by atoms with Crippen molar-refractivity contribution in [1.29, 1.82) is 0 Å². The Hall–Kier alpha value is -1.26. The highest BCUT2D eigenvalue weighted by molar-refractivity contribution is 6.34. The maximum Gasteiger partial charge on any atom is 0.417 e. The molecular weight excluding hydrogens is 269 g/mol. The standard InChI is InChI=1S/C7H4ClF3N2O4/c8-6-4(7(9,10)11)1-3(12(14)15)2-5(6)13(16)17/h1-2,16-17H/q-2. The molecule has 1 rings (SSSR count). The summed E-state index contributed by atoms with van der Waals surface area (Å²) in [6.07, 6.45) is -4.95. The number of hydrogen-bond donors (Lipinski definition) is 2. The van der Waals surface area contributed by atoms with E-state index in [2.05, 4.69) is 0 Å². The molecule has 6 nitrogen and oxygen atoms in total. The van der Waals surface area contributed by atoms with Gasteiger partial charge in [0.25, 0.3) is 0 Å². The smallest absolute Gasteiger partial charge is 0.417 e. The molecule has 0 aliphatic heterocycles. The molecule has 0 saturated carbocycles. The van der Waals surface area contributed by atoms with E-state index in [1.165, 1.54) is 0 Å². The summed E-state index contributed by atoms with van der Waals surface area (Å²) in [4.78, 5) is 0. The molecule has 17 heavy (non-hydrogen) atoms. The van der Waals surface area contributed by atoms with Crippen molar-refractivity contribution < 1.29 is 23.6 Å². The summed E-state index contributed by atoms with van der Waals surface area (Å²) in [5.74, 6) is 0. The SMILES string of the molecule is [O-]N([O-])c1cc(N(O)O)c(Cl)c(C(F)(F)F)c1. The van der Waals surface area contributed by atoms with Crippen LogP contribution in [0, 0.1) is 10.4 Å². The highest BCUT2D eigenvalue weighted by atomic mass is 35.5. The summed E-state index contributed by atoms with van der Waals surface area (Å²) in [5.41, 5.74) is -3.44. The summed E-state index contributed by atoms with van der Waals surface area (Å²) in [6, 6.07) is 0.701. The number of anilines is 2. The highest BCUT2D eigenvalue weighted by Crippen LogP contribution is 2.41. The molecule has 0 saturated heterocycles. The molecule has 0 aromatic heterocycles. The topological polar surface area (TPSA) is 93.1 Å². The van der Waals surface area contributed by atoms with E-state index in [9.17, 15) is 23.6 Å². The Balaban J connectivity index is 3.49. The normalized spacial score (nSPS) is 11.5. The quantitative estimate of drug-likeness (QED) is 0.804. The van der Waals surface area contributed by atoms with E-state index in [1.54, 1.807) is 0 Å². The van der Waals surface area contributed by atoms with E-state index in [0.29, 0.717) is 6.07 Å². The van der Waals surface area contributed by atoms with Crippen LogP contribution in [-0.4, -0.2) is 10.4 Å². The van der Waals surface area contributed by atoms with Gasteiger partial charge in [-0.1, -0.05) is 11.6 Å². The Bertz CT molecular complexity index is 424. The predicted molar refractivity (Wildman–Crippen MR) is 51.7 cm³/mol. The second kappa shape index (κ2) is 4.55. The first kappa shape index (κ1) is 13.8. The molecule has 0 fully saturated rings.